The Balaban J connectivity index is 1.42. The quantitative estimate of drug-likeness (QED) is 0.707. The minimum atomic E-state index is -2.77. The molecule has 2 fully saturated rings. The van der Waals surface area contributed by atoms with Crippen molar-refractivity contribution in [3.8, 4) is 0 Å². The van der Waals surface area contributed by atoms with E-state index in [1.165, 1.54) is 10.7 Å². The first-order chi connectivity index (χ1) is 13.5. The van der Waals surface area contributed by atoms with Crippen molar-refractivity contribution in [3.63, 3.8) is 0 Å². The number of ether oxygens (including phenoxy) is 1. The molecule has 2 saturated heterocycles. The molecule has 28 heavy (non-hydrogen) atoms. The topological polar surface area (TPSA) is 100 Å². The van der Waals surface area contributed by atoms with E-state index in [0.717, 1.165) is 44.7 Å². The van der Waals surface area contributed by atoms with E-state index in [9.17, 15) is 13.6 Å². The van der Waals surface area contributed by atoms with Gasteiger partial charge in [-0.05, 0) is 12.5 Å². The minimum absolute atomic E-state index is 0.0676. The average Bonchev–Trinajstić information content (AvgIpc) is 3.37. The van der Waals surface area contributed by atoms with Crippen molar-refractivity contribution in [1.29, 1.82) is 0 Å². The SMILES string of the molecule is O=C(Nc1cn[nH]c1C(F)F)c1cnn2ccc(N3CCC4(COC4)C3)nc12. The normalized spacial score (nSPS) is 18.2. The number of alkyl halides is 2. The number of amides is 1. The number of hydrogen-bond donors (Lipinski definition) is 2. The Labute approximate surface area is 157 Å². The molecule has 0 atom stereocenters. The van der Waals surface area contributed by atoms with Gasteiger partial charge in [-0.3, -0.25) is 9.89 Å². The van der Waals surface area contributed by atoms with Crippen LogP contribution in [0.2, 0.25) is 0 Å². The van der Waals surface area contributed by atoms with Crippen molar-refractivity contribution in [2.75, 3.05) is 36.5 Å². The van der Waals surface area contributed by atoms with Gasteiger partial charge < -0.3 is 15.0 Å². The largest absolute Gasteiger partial charge is 0.380 e. The smallest absolute Gasteiger partial charge is 0.281 e. The molecular formula is C17H17F2N7O2. The van der Waals surface area contributed by atoms with Crippen molar-refractivity contribution >= 4 is 23.1 Å². The van der Waals surface area contributed by atoms with E-state index in [2.05, 4.69) is 30.5 Å². The molecule has 5 heterocycles. The number of nitrogens with one attached hydrogen (secondary N) is 2. The van der Waals surface area contributed by atoms with Crippen LogP contribution in [0.3, 0.4) is 0 Å². The zero-order valence-electron chi connectivity index (χ0n) is 14.7. The van der Waals surface area contributed by atoms with Crippen molar-refractivity contribution < 1.29 is 18.3 Å². The van der Waals surface area contributed by atoms with Gasteiger partial charge >= 0.3 is 0 Å². The summed E-state index contributed by atoms with van der Waals surface area (Å²) in [6, 6.07) is 1.85. The molecular weight excluding hydrogens is 372 g/mol. The molecule has 9 nitrogen and oxygen atoms in total. The third kappa shape index (κ3) is 2.70. The fraction of sp³-hybridized carbons (Fsp3) is 0.412. The number of carbonyl (C=O) groups is 1. The number of rotatable bonds is 4. The number of H-pyrrole nitrogens is 1. The number of anilines is 2. The van der Waals surface area contributed by atoms with E-state index in [4.69, 9.17) is 4.74 Å². The maximum absolute atomic E-state index is 13.0. The van der Waals surface area contributed by atoms with Gasteiger partial charge in [0.15, 0.2) is 5.65 Å². The van der Waals surface area contributed by atoms with Gasteiger partial charge in [-0.1, -0.05) is 0 Å². The van der Waals surface area contributed by atoms with Crippen LogP contribution in [-0.4, -0.2) is 57.0 Å². The van der Waals surface area contributed by atoms with Gasteiger partial charge in [-0.25, -0.2) is 18.3 Å². The van der Waals surface area contributed by atoms with E-state index in [1.54, 1.807) is 6.20 Å². The molecule has 3 aromatic heterocycles. The maximum atomic E-state index is 13.0. The van der Waals surface area contributed by atoms with Crippen LogP contribution >= 0.6 is 0 Å². The highest BCUT2D eigenvalue weighted by Gasteiger charge is 2.44. The second-order valence-corrected chi connectivity index (χ2v) is 7.23. The van der Waals surface area contributed by atoms with Crippen molar-refractivity contribution in [2.45, 2.75) is 12.8 Å². The van der Waals surface area contributed by atoms with Crippen LogP contribution in [0.5, 0.6) is 0 Å². The summed E-state index contributed by atoms with van der Waals surface area (Å²) in [7, 11) is 0. The van der Waals surface area contributed by atoms with E-state index in [1.807, 2.05) is 6.07 Å². The number of aromatic nitrogens is 5. The first kappa shape index (κ1) is 17.0. The first-order valence-electron chi connectivity index (χ1n) is 8.85. The number of fused-ring (bicyclic) bond motifs is 1. The Morgan fingerprint density at radius 1 is 1.36 bits per heavy atom. The number of halogens is 2. The maximum Gasteiger partial charge on any atom is 0.281 e. The predicted molar refractivity (Wildman–Crippen MR) is 94.6 cm³/mol. The summed E-state index contributed by atoms with van der Waals surface area (Å²) in [5.41, 5.74) is 0.263. The van der Waals surface area contributed by atoms with Crippen molar-refractivity contribution in [1.82, 2.24) is 24.8 Å². The lowest BCUT2D eigenvalue weighted by Gasteiger charge is -2.37. The third-order valence-electron chi connectivity index (χ3n) is 5.31. The van der Waals surface area contributed by atoms with Gasteiger partial charge in [0.2, 0.25) is 0 Å². The molecule has 0 saturated carbocycles. The zero-order chi connectivity index (χ0) is 19.3. The van der Waals surface area contributed by atoms with E-state index in [0.29, 0.717) is 5.65 Å². The molecule has 5 rings (SSSR count). The Morgan fingerprint density at radius 2 is 2.21 bits per heavy atom. The fourth-order valence-electron chi connectivity index (χ4n) is 3.70. The van der Waals surface area contributed by atoms with Crippen LogP contribution in [-0.2, 0) is 4.74 Å². The van der Waals surface area contributed by atoms with Crippen molar-refractivity contribution in [2.24, 2.45) is 5.41 Å². The van der Waals surface area contributed by atoms with Crippen LogP contribution in [0.15, 0.2) is 24.7 Å². The van der Waals surface area contributed by atoms with Crippen LogP contribution in [0.25, 0.3) is 5.65 Å². The number of hydrogen-bond acceptors (Lipinski definition) is 6. The lowest BCUT2D eigenvalue weighted by atomic mass is 9.85. The molecule has 2 N–H and O–H groups in total. The second-order valence-electron chi connectivity index (χ2n) is 7.23. The van der Waals surface area contributed by atoms with E-state index < -0.39 is 18.0 Å². The monoisotopic (exact) mass is 389 g/mol. The molecule has 0 aromatic carbocycles. The van der Waals surface area contributed by atoms with Gasteiger partial charge in [-0.15, -0.1) is 0 Å². The van der Waals surface area contributed by atoms with Crippen molar-refractivity contribution in [3.05, 3.63) is 35.9 Å². The molecule has 0 radical (unpaired) electrons. The molecule has 0 bridgehead atoms. The van der Waals surface area contributed by atoms with E-state index >= 15 is 0 Å². The highest BCUT2D eigenvalue weighted by Crippen LogP contribution is 2.39. The number of carbonyl (C=O) groups excluding carboxylic acids is 1. The van der Waals surface area contributed by atoms with Gasteiger partial charge in [0.25, 0.3) is 12.3 Å². The van der Waals surface area contributed by atoms with Crippen LogP contribution < -0.4 is 10.2 Å². The average molecular weight is 389 g/mol. The standard InChI is InChI=1S/C17H17F2N7O2/c18-14(19)13-11(6-20-24-13)22-16(27)10-5-21-26-3-1-12(23-15(10)26)25-4-2-17(7-25)8-28-9-17/h1,3,5-6,14H,2,4,7-9H2,(H,20,24)(H,22,27). The predicted octanol–water partition coefficient (Wildman–Crippen LogP) is 1.87. The van der Waals surface area contributed by atoms with Crippen LogP contribution in [0.4, 0.5) is 20.3 Å². The summed E-state index contributed by atoms with van der Waals surface area (Å²) in [5, 5.41) is 12.3. The number of nitrogens with zero attached hydrogens (tertiary/aromatic N) is 5. The van der Waals surface area contributed by atoms with Crippen LogP contribution in [0.1, 0.15) is 28.9 Å². The Bertz CT molecular complexity index is 1040. The summed E-state index contributed by atoms with van der Waals surface area (Å²) in [6.07, 6.45) is 2.52. The van der Waals surface area contributed by atoms with Gasteiger partial charge in [-0.2, -0.15) is 10.2 Å². The highest BCUT2D eigenvalue weighted by atomic mass is 19.3. The number of aromatic amines is 1. The summed E-state index contributed by atoms with van der Waals surface area (Å²) in [6.45, 7) is 3.26. The molecule has 11 heteroatoms. The Kier molecular flexibility index (Phi) is 3.79. The lowest BCUT2D eigenvalue weighted by molar-refractivity contribution is -0.0985. The summed E-state index contributed by atoms with van der Waals surface area (Å²) in [5.74, 6) is 0.177. The Hall–Kier alpha value is -3.08. The van der Waals surface area contributed by atoms with Gasteiger partial charge in [0, 0.05) is 24.7 Å². The molecule has 2 aliphatic heterocycles. The second kappa shape index (κ2) is 6.23. The molecule has 0 aliphatic carbocycles. The fourth-order valence-corrected chi connectivity index (χ4v) is 3.70. The summed E-state index contributed by atoms with van der Waals surface area (Å²) in [4.78, 5) is 19.4. The van der Waals surface area contributed by atoms with Gasteiger partial charge in [0.1, 0.15) is 17.1 Å². The molecule has 2 aliphatic rings. The van der Waals surface area contributed by atoms with Crippen LogP contribution in [0, 0.1) is 5.41 Å². The summed E-state index contributed by atoms with van der Waals surface area (Å²) < 4.78 is 32.8. The first-order valence-corrected chi connectivity index (χ1v) is 8.85. The Morgan fingerprint density at radius 3 is 2.93 bits per heavy atom. The minimum Gasteiger partial charge on any atom is -0.380 e. The lowest BCUT2D eigenvalue weighted by Crippen LogP contribution is -2.44. The third-order valence-corrected chi connectivity index (χ3v) is 5.31. The highest BCUT2D eigenvalue weighted by molar-refractivity contribution is 6.08. The summed E-state index contributed by atoms with van der Waals surface area (Å²) >= 11 is 0. The molecule has 1 spiro atoms. The molecule has 3 aromatic rings. The zero-order valence-corrected chi connectivity index (χ0v) is 14.7. The molecule has 146 valence electrons. The molecule has 0 unspecified atom stereocenters. The van der Waals surface area contributed by atoms with Gasteiger partial charge in [0.05, 0.1) is 31.3 Å². The van der Waals surface area contributed by atoms with E-state index in [-0.39, 0.29) is 16.7 Å². The molecule has 1 amide bonds.